The van der Waals surface area contributed by atoms with Crippen molar-refractivity contribution in [2.45, 2.75) is 13.8 Å². The highest BCUT2D eigenvalue weighted by Gasteiger charge is 2.09. The lowest BCUT2D eigenvalue weighted by Gasteiger charge is -2.10. The molecule has 0 fully saturated rings. The second kappa shape index (κ2) is 4.93. The zero-order valence-corrected chi connectivity index (χ0v) is 11.8. The van der Waals surface area contributed by atoms with Crippen molar-refractivity contribution in [3.8, 4) is 16.9 Å². The number of hydrogen-bond acceptors (Lipinski definition) is 3. The maximum absolute atomic E-state index is 5.48. The first-order valence-corrected chi connectivity index (χ1v) is 6.55. The third-order valence-electron chi connectivity index (χ3n) is 3.51. The van der Waals surface area contributed by atoms with E-state index in [0.717, 1.165) is 27.9 Å². The molecule has 3 rings (SSSR count). The van der Waals surface area contributed by atoms with Crippen molar-refractivity contribution in [1.29, 1.82) is 0 Å². The standard InChI is InChI=1S/C17H16N2O/c1-11-4-6-13(7-5-11)14-8-15-12(2)18-10-19-17(15)16(9-14)20-3/h4-10H,1-3H3. The van der Waals surface area contributed by atoms with E-state index < -0.39 is 0 Å². The van der Waals surface area contributed by atoms with E-state index in [4.69, 9.17) is 4.74 Å². The molecule has 0 saturated carbocycles. The van der Waals surface area contributed by atoms with Crippen LogP contribution in [0.4, 0.5) is 0 Å². The lowest BCUT2D eigenvalue weighted by molar-refractivity contribution is 0.419. The van der Waals surface area contributed by atoms with Crippen LogP contribution < -0.4 is 4.74 Å². The highest BCUT2D eigenvalue weighted by Crippen LogP contribution is 2.32. The fourth-order valence-corrected chi connectivity index (χ4v) is 2.33. The third-order valence-corrected chi connectivity index (χ3v) is 3.51. The van der Waals surface area contributed by atoms with Gasteiger partial charge in [0.1, 0.15) is 17.6 Å². The zero-order chi connectivity index (χ0) is 14.1. The smallest absolute Gasteiger partial charge is 0.145 e. The second-order valence-corrected chi connectivity index (χ2v) is 4.90. The molecule has 0 radical (unpaired) electrons. The number of fused-ring (bicyclic) bond motifs is 1. The number of hydrogen-bond donors (Lipinski definition) is 0. The van der Waals surface area contributed by atoms with Crippen LogP contribution in [0.2, 0.25) is 0 Å². The minimum absolute atomic E-state index is 0.781. The van der Waals surface area contributed by atoms with Crippen LogP contribution in [0, 0.1) is 13.8 Å². The molecule has 2 aromatic carbocycles. The monoisotopic (exact) mass is 264 g/mol. The van der Waals surface area contributed by atoms with E-state index in [1.165, 1.54) is 11.1 Å². The van der Waals surface area contributed by atoms with E-state index in [1.54, 1.807) is 13.4 Å². The number of nitrogens with zero attached hydrogens (tertiary/aromatic N) is 2. The van der Waals surface area contributed by atoms with Crippen LogP contribution in [-0.4, -0.2) is 17.1 Å². The summed E-state index contributed by atoms with van der Waals surface area (Å²) in [4.78, 5) is 8.59. The van der Waals surface area contributed by atoms with E-state index in [-0.39, 0.29) is 0 Å². The van der Waals surface area contributed by atoms with E-state index >= 15 is 0 Å². The van der Waals surface area contributed by atoms with E-state index in [1.807, 2.05) is 13.0 Å². The molecule has 20 heavy (non-hydrogen) atoms. The van der Waals surface area contributed by atoms with Crippen LogP contribution in [0.5, 0.6) is 5.75 Å². The Kier molecular flexibility index (Phi) is 3.11. The van der Waals surface area contributed by atoms with Crippen LogP contribution in [0.1, 0.15) is 11.3 Å². The van der Waals surface area contributed by atoms with Crippen LogP contribution in [0.3, 0.4) is 0 Å². The molecule has 0 saturated heterocycles. The van der Waals surface area contributed by atoms with Crippen molar-refractivity contribution in [2.24, 2.45) is 0 Å². The molecule has 0 amide bonds. The average molecular weight is 264 g/mol. The molecule has 1 heterocycles. The van der Waals surface area contributed by atoms with Crippen molar-refractivity contribution in [3.63, 3.8) is 0 Å². The second-order valence-electron chi connectivity index (χ2n) is 4.90. The number of benzene rings is 2. The van der Waals surface area contributed by atoms with Crippen molar-refractivity contribution in [1.82, 2.24) is 9.97 Å². The molecule has 0 bridgehead atoms. The van der Waals surface area contributed by atoms with Gasteiger partial charge in [-0.1, -0.05) is 29.8 Å². The Morgan fingerprint density at radius 2 is 1.65 bits per heavy atom. The van der Waals surface area contributed by atoms with E-state index in [9.17, 15) is 0 Å². The van der Waals surface area contributed by atoms with Crippen LogP contribution in [0.25, 0.3) is 22.0 Å². The lowest BCUT2D eigenvalue weighted by Crippen LogP contribution is -1.93. The Balaban J connectivity index is 2.27. The Morgan fingerprint density at radius 1 is 0.900 bits per heavy atom. The van der Waals surface area contributed by atoms with Gasteiger partial charge in [-0.25, -0.2) is 9.97 Å². The van der Waals surface area contributed by atoms with Crippen molar-refractivity contribution < 1.29 is 4.74 Å². The van der Waals surface area contributed by atoms with Gasteiger partial charge in [-0.15, -0.1) is 0 Å². The van der Waals surface area contributed by atoms with Gasteiger partial charge < -0.3 is 4.74 Å². The summed E-state index contributed by atoms with van der Waals surface area (Å²) in [5.41, 5.74) is 5.35. The topological polar surface area (TPSA) is 35.0 Å². The summed E-state index contributed by atoms with van der Waals surface area (Å²) in [5.74, 6) is 0.781. The number of rotatable bonds is 2. The molecule has 0 unspecified atom stereocenters. The average Bonchev–Trinajstić information content (AvgIpc) is 2.47. The van der Waals surface area contributed by atoms with E-state index in [0.29, 0.717) is 0 Å². The normalized spacial score (nSPS) is 10.8. The van der Waals surface area contributed by atoms with Crippen LogP contribution >= 0.6 is 0 Å². The summed E-state index contributed by atoms with van der Waals surface area (Å²) in [5, 5.41) is 1.03. The summed E-state index contributed by atoms with van der Waals surface area (Å²) in [6, 6.07) is 12.6. The zero-order valence-electron chi connectivity index (χ0n) is 11.8. The summed E-state index contributed by atoms with van der Waals surface area (Å²) >= 11 is 0. The predicted molar refractivity (Wildman–Crippen MR) is 81.0 cm³/mol. The summed E-state index contributed by atoms with van der Waals surface area (Å²) < 4.78 is 5.48. The first-order chi connectivity index (χ1) is 9.69. The fraction of sp³-hybridized carbons (Fsp3) is 0.176. The fourth-order valence-electron chi connectivity index (χ4n) is 2.33. The maximum atomic E-state index is 5.48. The minimum Gasteiger partial charge on any atom is -0.494 e. The molecule has 0 spiro atoms. The largest absolute Gasteiger partial charge is 0.494 e. The first kappa shape index (κ1) is 12.6. The number of methoxy groups -OCH3 is 1. The van der Waals surface area contributed by atoms with Gasteiger partial charge in [0.2, 0.25) is 0 Å². The summed E-state index contributed by atoms with van der Waals surface area (Å²) in [6.45, 7) is 4.07. The number of aromatic nitrogens is 2. The molecular weight excluding hydrogens is 248 g/mol. The van der Waals surface area contributed by atoms with Gasteiger partial charge in [-0.3, -0.25) is 0 Å². The molecule has 3 nitrogen and oxygen atoms in total. The Labute approximate surface area is 118 Å². The van der Waals surface area contributed by atoms with Gasteiger partial charge in [0.15, 0.2) is 0 Å². The quantitative estimate of drug-likeness (QED) is 0.703. The van der Waals surface area contributed by atoms with Crippen LogP contribution in [0.15, 0.2) is 42.7 Å². The molecule has 3 heteroatoms. The van der Waals surface area contributed by atoms with Crippen LogP contribution in [-0.2, 0) is 0 Å². The molecule has 0 aliphatic carbocycles. The highest BCUT2D eigenvalue weighted by atomic mass is 16.5. The molecular formula is C17H16N2O. The van der Waals surface area contributed by atoms with Gasteiger partial charge in [0, 0.05) is 11.1 Å². The molecule has 1 aromatic heterocycles. The molecule has 3 aromatic rings. The number of ether oxygens (including phenoxy) is 1. The lowest BCUT2D eigenvalue weighted by atomic mass is 10.0. The van der Waals surface area contributed by atoms with Gasteiger partial charge in [-0.2, -0.15) is 0 Å². The third kappa shape index (κ3) is 2.11. The predicted octanol–water partition coefficient (Wildman–Crippen LogP) is 3.92. The number of aryl methyl sites for hydroxylation is 2. The SMILES string of the molecule is COc1cc(-c2ccc(C)cc2)cc2c(C)ncnc12. The molecule has 0 N–H and O–H groups in total. The molecule has 0 atom stereocenters. The van der Waals surface area contributed by atoms with Gasteiger partial charge in [-0.05, 0) is 37.1 Å². The minimum atomic E-state index is 0.781. The summed E-state index contributed by atoms with van der Waals surface area (Å²) in [6.07, 6.45) is 1.58. The molecule has 100 valence electrons. The van der Waals surface area contributed by atoms with Crippen molar-refractivity contribution in [3.05, 3.63) is 54.0 Å². The van der Waals surface area contributed by atoms with Crippen molar-refractivity contribution >= 4 is 10.9 Å². The maximum Gasteiger partial charge on any atom is 0.145 e. The Hall–Kier alpha value is -2.42. The van der Waals surface area contributed by atoms with Gasteiger partial charge in [0.25, 0.3) is 0 Å². The molecule has 0 aliphatic heterocycles. The summed E-state index contributed by atoms with van der Waals surface area (Å²) in [7, 11) is 1.67. The highest BCUT2D eigenvalue weighted by molar-refractivity contribution is 5.91. The van der Waals surface area contributed by atoms with E-state index in [2.05, 4.69) is 47.2 Å². The molecule has 0 aliphatic rings. The van der Waals surface area contributed by atoms with Gasteiger partial charge >= 0.3 is 0 Å². The van der Waals surface area contributed by atoms with Gasteiger partial charge in [0.05, 0.1) is 7.11 Å². The first-order valence-electron chi connectivity index (χ1n) is 6.55. The Bertz CT molecular complexity index is 764. The Morgan fingerprint density at radius 3 is 2.35 bits per heavy atom. The van der Waals surface area contributed by atoms with Crippen molar-refractivity contribution in [2.75, 3.05) is 7.11 Å².